The fourth-order valence-electron chi connectivity index (χ4n) is 5.16. The summed E-state index contributed by atoms with van der Waals surface area (Å²) in [5, 5.41) is 0. The number of fused-ring (bicyclic) bond motifs is 2. The smallest absolute Gasteiger partial charge is 0.416 e. The van der Waals surface area contributed by atoms with Gasteiger partial charge in [0, 0.05) is 43.3 Å². The monoisotopic (exact) mass is 461 g/mol. The minimum atomic E-state index is -4.41. The maximum absolute atomic E-state index is 13.0. The van der Waals surface area contributed by atoms with E-state index in [2.05, 4.69) is 31.7 Å². The summed E-state index contributed by atoms with van der Waals surface area (Å²) >= 11 is 0. The molecule has 2 aromatic carbocycles. The first-order chi connectivity index (χ1) is 15.6. The van der Waals surface area contributed by atoms with Crippen molar-refractivity contribution in [3.63, 3.8) is 0 Å². The van der Waals surface area contributed by atoms with Crippen LogP contribution in [-0.4, -0.2) is 54.0 Å². The molecule has 2 heterocycles. The largest absolute Gasteiger partial charge is 0.492 e. The van der Waals surface area contributed by atoms with E-state index in [1.807, 2.05) is 11.0 Å². The van der Waals surface area contributed by atoms with E-state index < -0.39 is 11.7 Å². The number of hydrogen-bond donors (Lipinski definition) is 1. The molecule has 2 bridgehead atoms. The molecule has 0 aromatic heterocycles. The number of nitrogens with zero attached hydrogens (tertiary/aromatic N) is 2. The van der Waals surface area contributed by atoms with E-state index in [1.54, 1.807) is 0 Å². The topological polar surface area (TPSA) is 58.8 Å². The summed E-state index contributed by atoms with van der Waals surface area (Å²) in [6.07, 6.45) is -3.53. The SMILES string of the molecule is Cc1c(OCCN)ccc(C(C)N2C[C@@H]3C[C@@H]2CN3C(=O)c2ccc(C(F)(F)F)cc2)c1C. The molecule has 178 valence electrons. The van der Waals surface area contributed by atoms with Crippen LogP contribution in [0, 0.1) is 13.8 Å². The van der Waals surface area contributed by atoms with Gasteiger partial charge in [-0.2, -0.15) is 13.2 Å². The van der Waals surface area contributed by atoms with E-state index in [-0.39, 0.29) is 24.0 Å². The number of likely N-dealkylation sites (tertiary alicyclic amines) is 2. The van der Waals surface area contributed by atoms with Gasteiger partial charge >= 0.3 is 6.18 Å². The van der Waals surface area contributed by atoms with Crippen molar-refractivity contribution in [2.75, 3.05) is 26.2 Å². The Labute approximate surface area is 192 Å². The highest BCUT2D eigenvalue weighted by atomic mass is 19.4. The molecular weight excluding hydrogens is 431 g/mol. The van der Waals surface area contributed by atoms with Crippen molar-refractivity contribution in [1.29, 1.82) is 0 Å². The Morgan fingerprint density at radius 1 is 1.09 bits per heavy atom. The number of alkyl halides is 3. The maximum Gasteiger partial charge on any atom is 0.416 e. The summed E-state index contributed by atoms with van der Waals surface area (Å²) in [6.45, 7) is 8.63. The molecule has 3 atom stereocenters. The van der Waals surface area contributed by atoms with Crippen molar-refractivity contribution in [3.05, 3.63) is 64.2 Å². The van der Waals surface area contributed by atoms with Crippen LogP contribution in [0.3, 0.4) is 0 Å². The van der Waals surface area contributed by atoms with Gasteiger partial charge in [-0.05, 0) is 74.2 Å². The van der Waals surface area contributed by atoms with Crippen molar-refractivity contribution >= 4 is 5.91 Å². The second-order valence-electron chi connectivity index (χ2n) is 8.99. The van der Waals surface area contributed by atoms with Gasteiger partial charge in [-0.1, -0.05) is 6.07 Å². The average Bonchev–Trinajstić information content (AvgIpc) is 3.40. The number of rotatable bonds is 6. The fraction of sp³-hybridized carbons (Fsp3) is 0.480. The Balaban J connectivity index is 1.44. The van der Waals surface area contributed by atoms with Gasteiger partial charge in [0.2, 0.25) is 0 Å². The van der Waals surface area contributed by atoms with Crippen LogP contribution in [0.1, 0.15) is 52.0 Å². The van der Waals surface area contributed by atoms with E-state index in [1.165, 1.54) is 23.3 Å². The highest BCUT2D eigenvalue weighted by Crippen LogP contribution is 2.39. The minimum Gasteiger partial charge on any atom is -0.492 e. The number of nitrogens with two attached hydrogens (primary N) is 1. The molecule has 1 amide bonds. The Bertz CT molecular complexity index is 1020. The lowest BCUT2D eigenvalue weighted by Gasteiger charge is -2.38. The first-order valence-electron chi connectivity index (χ1n) is 11.3. The zero-order valence-corrected chi connectivity index (χ0v) is 19.2. The third-order valence-electron chi connectivity index (χ3n) is 7.11. The number of carbonyl (C=O) groups is 1. The molecule has 2 aliphatic heterocycles. The average molecular weight is 462 g/mol. The normalized spacial score (nSPS) is 21.5. The summed E-state index contributed by atoms with van der Waals surface area (Å²) in [5.74, 6) is 0.655. The quantitative estimate of drug-likeness (QED) is 0.696. The van der Waals surface area contributed by atoms with Gasteiger partial charge in [0.15, 0.2) is 0 Å². The van der Waals surface area contributed by atoms with Crippen LogP contribution in [0.4, 0.5) is 13.2 Å². The number of amides is 1. The van der Waals surface area contributed by atoms with Gasteiger partial charge in [-0.3, -0.25) is 9.69 Å². The number of hydrogen-bond acceptors (Lipinski definition) is 4. The van der Waals surface area contributed by atoms with Crippen LogP contribution >= 0.6 is 0 Å². The standard InChI is InChI=1S/C25H30F3N3O2/c1-15-16(2)23(33-11-10-29)9-8-22(15)17(3)30-13-21-12-20(30)14-31(21)24(32)18-4-6-19(7-5-18)25(26,27)28/h4-9,17,20-21H,10-14,29H2,1-3H3/t17?,20-,21+/m1/s1. The highest BCUT2D eigenvalue weighted by molar-refractivity contribution is 5.94. The molecule has 2 aliphatic rings. The molecule has 8 heteroatoms. The Hall–Kier alpha value is -2.58. The minimum absolute atomic E-state index is 0.0702. The molecule has 0 aliphatic carbocycles. The third-order valence-corrected chi connectivity index (χ3v) is 7.11. The van der Waals surface area contributed by atoms with Crippen molar-refractivity contribution in [1.82, 2.24) is 9.80 Å². The molecular formula is C25H30F3N3O2. The van der Waals surface area contributed by atoms with Gasteiger partial charge in [0.25, 0.3) is 5.91 Å². The molecule has 2 N–H and O–H groups in total. The summed E-state index contributed by atoms with van der Waals surface area (Å²) < 4.78 is 44.2. The second kappa shape index (κ2) is 8.99. The zero-order chi connectivity index (χ0) is 23.9. The second-order valence-corrected chi connectivity index (χ2v) is 8.99. The molecule has 2 fully saturated rings. The van der Waals surface area contributed by atoms with E-state index >= 15 is 0 Å². The van der Waals surface area contributed by atoms with Crippen LogP contribution < -0.4 is 10.5 Å². The van der Waals surface area contributed by atoms with Gasteiger partial charge < -0.3 is 15.4 Å². The molecule has 0 radical (unpaired) electrons. The first kappa shape index (κ1) is 23.6. The van der Waals surface area contributed by atoms with Crippen molar-refractivity contribution in [2.45, 2.75) is 51.5 Å². The van der Waals surface area contributed by atoms with Gasteiger partial charge in [-0.15, -0.1) is 0 Å². The van der Waals surface area contributed by atoms with Crippen LogP contribution in [0.5, 0.6) is 5.75 Å². The number of ether oxygens (including phenoxy) is 1. The lowest BCUT2D eigenvalue weighted by molar-refractivity contribution is -0.137. The fourth-order valence-corrected chi connectivity index (χ4v) is 5.16. The van der Waals surface area contributed by atoms with Crippen LogP contribution in [0.15, 0.2) is 36.4 Å². The summed E-state index contributed by atoms with van der Waals surface area (Å²) in [5.41, 5.74) is 8.64. The molecule has 2 aromatic rings. The van der Waals surface area contributed by atoms with E-state index in [4.69, 9.17) is 10.5 Å². The molecule has 5 nitrogen and oxygen atoms in total. The lowest BCUT2D eigenvalue weighted by Crippen LogP contribution is -2.49. The summed E-state index contributed by atoms with van der Waals surface area (Å²) in [4.78, 5) is 17.2. The highest BCUT2D eigenvalue weighted by Gasteiger charge is 2.47. The number of piperazine rings is 1. The predicted molar refractivity (Wildman–Crippen MR) is 120 cm³/mol. The van der Waals surface area contributed by atoms with Crippen molar-refractivity contribution < 1.29 is 22.7 Å². The summed E-state index contributed by atoms with van der Waals surface area (Å²) in [7, 11) is 0. The van der Waals surface area contributed by atoms with Crippen molar-refractivity contribution in [2.24, 2.45) is 5.73 Å². The van der Waals surface area contributed by atoms with E-state index in [0.717, 1.165) is 36.4 Å². The molecule has 4 rings (SSSR count). The van der Waals surface area contributed by atoms with Gasteiger partial charge in [0.1, 0.15) is 12.4 Å². The Kier molecular flexibility index (Phi) is 6.42. The Morgan fingerprint density at radius 2 is 1.79 bits per heavy atom. The van der Waals surface area contributed by atoms with Gasteiger partial charge in [-0.25, -0.2) is 0 Å². The van der Waals surface area contributed by atoms with Crippen LogP contribution in [-0.2, 0) is 6.18 Å². The Morgan fingerprint density at radius 3 is 2.36 bits per heavy atom. The molecule has 2 saturated heterocycles. The van der Waals surface area contributed by atoms with E-state index in [9.17, 15) is 18.0 Å². The van der Waals surface area contributed by atoms with Crippen LogP contribution in [0.25, 0.3) is 0 Å². The maximum atomic E-state index is 13.0. The predicted octanol–water partition coefficient (Wildman–Crippen LogP) is 4.32. The first-order valence-corrected chi connectivity index (χ1v) is 11.3. The van der Waals surface area contributed by atoms with Crippen LogP contribution in [0.2, 0.25) is 0 Å². The number of halogens is 3. The molecule has 0 saturated carbocycles. The number of carbonyl (C=O) groups excluding carboxylic acids is 1. The number of benzene rings is 2. The summed E-state index contributed by atoms with van der Waals surface area (Å²) in [6, 6.07) is 9.09. The molecule has 0 spiro atoms. The lowest BCUT2D eigenvalue weighted by atomic mass is 9.96. The van der Waals surface area contributed by atoms with Gasteiger partial charge in [0.05, 0.1) is 5.56 Å². The van der Waals surface area contributed by atoms with E-state index in [0.29, 0.717) is 25.3 Å². The molecule has 33 heavy (non-hydrogen) atoms. The zero-order valence-electron chi connectivity index (χ0n) is 19.2. The third kappa shape index (κ3) is 4.46. The van der Waals surface area contributed by atoms with Crippen molar-refractivity contribution in [3.8, 4) is 5.75 Å². The molecule has 1 unspecified atom stereocenters.